The smallest absolute Gasteiger partial charge is 0.259 e. The normalized spacial score (nSPS) is 17.4. The monoisotopic (exact) mass is 282 g/mol. The van der Waals surface area contributed by atoms with Crippen LogP contribution in [0.2, 0.25) is 0 Å². The SMILES string of the molecule is N#Cc1cccc(/C=C/C=C2\C(=O)CC(=S)NC2=O)c1. The van der Waals surface area contributed by atoms with Crippen LogP contribution >= 0.6 is 12.2 Å². The van der Waals surface area contributed by atoms with Crippen LogP contribution in [-0.4, -0.2) is 16.7 Å². The zero-order valence-electron chi connectivity index (χ0n) is 10.4. The van der Waals surface area contributed by atoms with Gasteiger partial charge in [0.25, 0.3) is 5.91 Å². The summed E-state index contributed by atoms with van der Waals surface area (Å²) in [6.07, 6.45) is 4.85. The molecule has 1 aromatic carbocycles. The predicted molar refractivity (Wildman–Crippen MR) is 78.6 cm³/mol. The number of rotatable bonds is 2. The van der Waals surface area contributed by atoms with Crippen molar-refractivity contribution in [2.45, 2.75) is 6.42 Å². The second-order valence-corrected chi connectivity index (χ2v) is 4.65. The van der Waals surface area contributed by atoms with E-state index in [1.807, 2.05) is 12.1 Å². The van der Waals surface area contributed by atoms with Gasteiger partial charge in [-0.2, -0.15) is 5.26 Å². The van der Waals surface area contributed by atoms with Crippen molar-refractivity contribution in [3.63, 3.8) is 0 Å². The molecule has 1 fully saturated rings. The average molecular weight is 282 g/mol. The van der Waals surface area contributed by atoms with Crippen LogP contribution in [-0.2, 0) is 9.59 Å². The van der Waals surface area contributed by atoms with E-state index < -0.39 is 5.91 Å². The number of carbonyl (C=O) groups excluding carboxylic acids is 2. The van der Waals surface area contributed by atoms with Gasteiger partial charge in [-0.1, -0.05) is 36.5 Å². The summed E-state index contributed by atoms with van der Waals surface area (Å²) in [5.74, 6) is -0.754. The van der Waals surface area contributed by atoms with Gasteiger partial charge in [-0.3, -0.25) is 9.59 Å². The molecule has 1 aliphatic heterocycles. The van der Waals surface area contributed by atoms with E-state index >= 15 is 0 Å². The van der Waals surface area contributed by atoms with Crippen molar-refractivity contribution in [1.82, 2.24) is 5.32 Å². The van der Waals surface area contributed by atoms with Crippen LogP contribution in [0.15, 0.2) is 42.0 Å². The van der Waals surface area contributed by atoms with Crippen LogP contribution in [0.25, 0.3) is 6.08 Å². The summed E-state index contributed by atoms with van der Waals surface area (Å²) >= 11 is 4.80. The van der Waals surface area contributed by atoms with Gasteiger partial charge in [0.2, 0.25) is 0 Å². The van der Waals surface area contributed by atoms with Gasteiger partial charge in [-0.05, 0) is 23.8 Å². The van der Waals surface area contributed by atoms with E-state index in [9.17, 15) is 9.59 Å². The number of hydrogen-bond donors (Lipinski definition) is 1. The maximum atomic E-state index is 11.7. The lowest BCUT2D eigenvalue weighted by Crippen LogP contribution is -2.39. The molecule has 0 saturated carbocycles. The Hall–Kier alpha value is -2.58. The number of amides is 1. The van der Waals surface area contributed by atoms with Gasteiger partial charge in [-0.15, -0.1) is 0 Å². The number of allylic oxidation sites excluding steroid dienone is 2. The molecule has 1 aromatic rings. The quantitative estimate of drug-likeness (QED) is 0.511. The molecule has 4 nitrogen and oxygen atoms in total. The van der Waals surface area contributed by atoms with Gasteiger partial charge in [0.15, 0.2) is 5.78 Å². The number of nitrogens with one attached hydrogen (secondary N) is 1. The summed E-state index contributed by atoms with van der Waals surface area (Å²) in [7, 11) is 0. The van der Waals surface area contributed by atoms with Gasteiger partial charge >= 0.3 is 0 Å². The van der Waals surface area contributed by atoms with E-state index in [1.165, 1.54) is 6.08 Å². The zero-order chi connectivity index (χ0) is 14.5. The molecule has 0 spiro atoms. The van der Waals surface area contributed by atoms with Crippen molar-refractivity contribution in [1.29, 1.82) is 5.26 Å². The maximum Gasteiger partial charge on any atom is 0.259 e. The standard InChI is InChI=1S/C15H10N2O2S/c16-9-11-5-1-3-10(7-11)4-2-6-12-13(18)8-14(20)17-15(12)19/h1-7H,8H2,(H,17,19,20)/b4-2+,12-6+. The molecule has 1 amide bonds. The van der Waals surface area contributed by atoms with Crippen molar-refractivity contribution in [3.05, 3.63) is 53.1 Å². The molecule has 1 saturated heterocycles. The molecule has 0 bridgehead atoms. The summed E-state index contributed by atoms with van der Waals surface area (Å²) in [5.41, 5.74) is 1.46. The third-order valence-electron chi connectivity index (χ3n) is 2.69. The minimum absolute atomic E-state index is 0.0602. The van der Waals surface area contributed by atoms with Gasteiger partial charge in [0.05, 0.1) is 28.6 Å². The number of nitrogens with zero attached hydrogens (tertiary/aromatic N) is 1. The molecule has 1 aliphatic rings. The fourth-order valence-electron chi connectivity index (χ4n) is 1.74. The molecule has 1 N–H and O–H groups in total. The Bertz CT molecular complexity index is 674. The molecule has 1 heterocycles. The van der Waals surface area contributed by atoms with Gasteiger partial charge in [-0.25, -0.2) is 0 Å². The molecule has 0 radical (unpaired) electrons. The molecule has 2 rings (SSSR count). The predicted octanol–water partition coefficient (Wildman–Crippen LogP) is 1.91. The molecule has 0 aliphatic carbocycles. The Morgan fingerprint density at radius 2 is 2.15 bits per heavy atom. The van der Waals surface area contributed by atoms with E-state index in [1.54, 1.807) is 30.4 Å². The Balaban J connectivity index is 2.17. The average Bonchev–Trinajstić information content (AvgIpc) is 2.42. The molecule has 5 heteroatoms. The number of piperidine rings is 1. The number of nitriles is 1. The maximum absolute atomic E-state index is 11.7. The van der Waals surface area contributed by atoms with Crippen LogP contribution in [0.1, 0.15) is 17.5 Å². The van der Waals surface area contributed by atoms with E-state index in [0.29, 0.717) is 5.56 Å². The van der Waals surface area contributed by atoms with Crippen LogP contribution in [0.5, 0.6) is 0 Å². The molecular weight excluding hydrogens is 272 g/mol. The molecular formula is C15H10N2O2S. The van der Waals surface area contributed by atoms with Crippen LogP contribution in [0.4, 0.5) is 0 Å². The van der Waals surface area contributed by atoms with Crippen molar-refractivity contribution >= 4 is 35.0 Å². The number of Topliss-reactive ketones (excluding diaryl/α,β-unsaturated/α-hetero) is 1. The minimum Gasteiger partial charge on any atom is -0.316 e. The highest BCUT2D eigenvalue weighted by Crippen LogP contribution is 2.10. The topological polar surface area (TPSA) is 70.0 Å². The summed E-state index contributed by atoms with van der Waals surface area (Å²) in [6.45, 7) is 0. The highest BCUT2D eigenvalue weighted by atomic mass is 32.1. The first-order valence-electron chi connectivity index (χ1n) is 5.86. The van der Waals surface area contributed by atoms with Crippen molar-refractivity contribution in [2.24, 2.45) is 0 Å². The van der Waals surface area contributed by atoms with Crippen LogP contribution in [0, 0.1) is 11.3 Å². The van der Waals surface area contributed by atoms with E-state index in [0.717, 1.165) is 5.56 Å². The third-order valence-corrected chi connectivity index (χ3v) is 2.93. The number of thiocarbonyl (C=S) groups is 1. The van der Waals surface area contributed by atoms with Crippen LogP contribution in [0.3, 0.4) is 0 Å². The zero-order valence-corrected chi connectivity index (χ0v) is 11.2. The minimum atomic E-state index is -0.471. The fraction of sp³-hybridized carbons (Fsp3) is 0.0667. The van der Waals surface area contributed by atoms with Gasteiger partial charge in [0.1, 0.15) is 0 Å². The molecule has 0 unspecified atom stereocenters. The summed E-state index contributed by atoms with van der Waals surface area (Å²) in [4.78, 5) is 23.5. The van der Waals surface area contributed by atoms with Crippen molar-refractivity contribution in [3.8, 4) is 6.07 Å². The van der Waals surface area contributed by atoms with E-state index in [4.69, 9.17) is 17.5 Å². The Morgan fingerprint density at radius 1 is 1.35 bits per heavy atom. The first-order chi connectivity index (χ1) is 9.60. The lowest BCUT2D eigenvalue weighted by Gasteiger charge is -2.13. The van der Waals surface area contributed by atoms with Gasteiger partial charge < -0.3 is 5.32 Å². The number of benzene rings is 1. The number of ketones is 1. The molecule has 98 valence electrons. The summed E-state index contributed by atoms with van der Waals surface area (Å²) in [5, 5.41) is 11.2. The summed E-state index contributed by atoms with van der Waals surface area (Å²) < 4.78 is 0. The van der Waals surface area contributed by atoms with Crippen LogP contribution < -0.4 is 5.32 Å². The molecule has 0 atom stereocenters. The second kappa shape index (κ2) is 6.04. The van der Waals surface area contributed by atoms with Gasteiger partial charge in [0, 0.05) is 0 Å². The third kappa shape index (κ3) is 3.25. The number of carbonyl (C=O) groups is 2. The largest absolute Gasteiger partial charge is 0.316 e. The Morgan fingerprint density at radius 3 is 2.85 bits per heavy atom. The lowest BCUT2D eigenvalue weighted by atomic mass is 10.0. The first kappa shape index (κ1) is 13.8. The Labute approximate surface area is 121 Å². The Kier molecular flexibility index (Phi) is 4.18. The highest BCUT2D eigenvalue weighted by molar-refractivity contribution is 7.80. The summed E-state index contributed by atoms with van der Waals surface area (Å²) in [6, 6.07) is 9.06. The highest BCUT2D eigenvalue weighted by Gasteiger charge is 2.25. The lowest BCUT2D eigenvalue weighted by molar-refractivity contribution is -0.122. The molecule has 20 heavy (non-hydrogen) atoms. The van der Waals surface area contributed by atoms with Crippen molar-refractivity contribution in [2.75, 3.05) is 0 Å². The van der Waals surface area contributed by atoms with Crippen molar-refractivity contribution < 1.29 is 9.59 Å². The van der Waals surface area contributed by atoms with E-state index in [-0.39, 0.29) is 22.8 Å². The second-order valence-electron chi connectivity index (χ2n) is 4.15. The number of hydrogen-bond acceptors (Lipinski definition) is 4. The fourth-order valence-corrected chi connectivity index (χ4v) is 1.97. The molecule has 0 aromatic heterocycles. The van der Waals surface area contributed by atoms with E-state index in [2.05, 4.69) is 5.32 Å². The first-order valence-corrected chi connectivity index (χ1v) is 6.27.